The number of nitrogens with zero attached hydrogens (tertiary/aromatic N) is 2. The predicted octanol–water partition coefficient (Wildman–Crippen LogP) is 5.71. The van der Waals surface area contributed by atoms with Gasteiger partial charge >= 0.3 is 0 Å². The van der Waals surface area contributed by atoms with E-state index in [2.05, 4.69) is 5.32 Å². The Hall–Kier alpha value is -3.97. The number of aliphatic hydroxyl groups excluding tert-OH is 1. The molecule has 0 saturated heterocycles. The first-order valence-corrected chi connectivity index (χ1v) is 12.8. The fourth-order valence-electron chi connectivity index (χ4n) is 4.80. The van der Waals surface area contributed by atoms with Gasteiger partial charge in [0.1, 0.15) is 0 Å². The topological polar surface area (TPSA) is 72.9 Å². The Morgan fingerprint density at radius 3 is 2.39 bits per heavy atom. The minimum atomic E-state index is -0.269. The van der Waals surface area contributed by atoms with Crippen molar-refractivity contribution in [3.8, 4) is 11.1 Å². The van der Waals surface area contributed by atoms with Crippen molar-refractivity contribution in [2.45, 2.75) is 12.6 Å². The smallest absolute Gasteiger partial charge is 0.259 e. The number of nitrogens with one attached hydrogen (secondary N) is 1. The van der Waals surface area contributed by atoms with Gasteiger partial charge in [0.05, 0.1) is 23.2 Å². The average Bonchev–Trinajstić information content (AvgIpc) is 3.08. The van der Waals surface area contributed by atoms with Crippen LogP contribution >= 0.6 is 11.6 Å². The molecule has 192 valence electrons. The van der Waals surface area contributed by atoms with Crippen molar-refractivity contribution in [2.75, 3.05) is 30.4 Å². The Morgan fingerprint density at radius 1 is 0.921 bits per heavy atom. The first-order chi connectivity index (χ1) is 18.5. The molecule has 7 heteroatoms. The van der Waals surface area contributed by atoms with Gasteiger partial charge < -0.3 is 15.3 Å². The summed E-state index contributed by atoms with van der Waals surface area (Å²) in [5.41, 5.74) is 4.92. The lowest BCUT2D eigenvalue weighted by molar-refractivity contribution is 0.0966. The molecule has 0 aromatic heterocycles. The normalized spacial score (nSPS) is 15.4. The number of likely N-dealkylation sites (N-methyl/N-ethyl adjacent to an activating group) is 1. The van der Waals surface area contributed by atoms with Crippen LogP contribution in [-0.4, -0.2) is 48.1 Å². The minimum Gasteiger partial charge on any atom is -0.395 e. The number of rotatable bonds is 5. The molecule has 2 N–H and O–H groups in total. The second-order valence-corrected chi connectivity index (χ2v) is 9.76. The molecule has 1 aliphatic rings. The molecule has 1 unspecified atom stereocenters. The molecule has 0 fully saturated rings. The summed E-state index contributed by atoms with van der Waals surface area (Å²) in [5.74, 6) is -0.529. The van der Waals surface area contributed by atoms with Crippen molar-refractivity contribution >= 4 is 34.8 Å². The molecule has 4 aromatic carbocycles. The Morgan fingerprint density at radius 2 is 1.63 bits per heavy atom. The molecule has 4 aromatic rings. The number of carbonyl (C=O) groups is 2. The SMILES string of the molecule is CN1Cc2ccccc2N(C(=O)c2ccc(NC(=O)c3ccccc3-c3ccccc3)cc2Cl)CC1CO. The molecule has 0 spiro atoms. The maximum absolute atomic E-state index is 13.7. The second kappa shape index (κ2) is 11.2. The lowest BCUT2D eigenvalue weighted by atomic mass is 9.99. The van der Waals surface area contributed by atoms with Gasteiger partial charge in [0, 0.05) is 30.0 Å². The molecule has 0 aliphatic carbocycles. The Bertz CT molecular complexity index is 1470. The summed E-state index contributed by atoms with van der Waals surface area (Å²) < 4.78 is 0. The van der Waals surface area contributed by atoms with E-state index in [9.17, 15) is 14.7 Å². The number of para-hydroxylation sites is 1. The van der Waals surface area contributed by atoms with Gasteiger partial charge in [-0.1, -0.05) is 78.3 Å². The quantitative estimate of drug-likeness (QED) is 0.350. The Labute approximate surface area is 227 Å². The van der Waals surface area contributed by atoms with Crippen LogP contribution in [-0.2, 0) is 6.54 Å². The first-order valence-electron chi connectivity index (χ1n) is 12.4. The number of hydrogen-bond donors (Lipinski definition) is 2. The summed E-state index contributed by atoms with van der Waals surface area (Å²) in [6, 6.07) is 29.6. The van der Waals surface area contributed by atoms with Crippen LogP contribution in [0.1, 0.15) is 26.3 Å². The van der Waals surface area contributed by atoms with Crippen molar-refractivity contribution in [1.82, 2.24) is 4.90 Å². The number of hydrogen-bond acceptors (Lipinski definition) is 4. The fraction of sp³-hybridized carbons (Fsp3) is 0.161. The third-order valence-corrected chi connectivity index (χ3v) is 7.20. The monoisotopic (exact) mass is 525 g/mol. The van der Waals surface area contributed by atoms with Crippen LogP contribution < -0.4 is 10.2 Å². The molecule has 5 rings (SSSR count). The molecule has 0 saturated carbocycles. The van der Waals surface area contributed by atoms with E-state index in [1.807, 2.05) is 84.7 Å². The molecule has 0 radical (unpaired) electrons. The molecule has 0 bridgehead atoms. The molecular weight excluding hydrogens is 498 g/mol. The van der Waals surface area contributed by atoms with Gasteiger partial charge in [-0.25, -0.2) is 0 Å². The Kier molecular flexibility index (Phi) is 7.56. The summed E-state index contributed by atoms with van der Waals surface area (Å²) in [6.07, 6.45) is 0. The van der Waals surface area contributed by atoms with Crippen molar-refractivity contribution in [2.24, 2.45) is 0 Å². The van der Waals surface area contributed by atoms with E-state index < -0.39 is 0 Å². The van der Waals surface area contributed by atoms with E-state index in [4.69, 9.17) is 11.6 Å². The van der Waals surface area contributed by atoms with Crippen LogP contribution in [0.5, 0.6) is 0 Å². The molecule has 1 heterocycles. The number of carbonyl (C=O) groups excluding carboxylic acids is 2. The summed E-state index contributed by atoms with van der Waals surface area (Å²) in [6.45, 7) is 0.875. The standard InChI is InChI=1S/C31H28ClN3O3/c1-34-18-22-11-5-8-14-29(22)35(19-24(34)20-36)31(38)27-16-15-23(17-28(27)32)33-30(37)26-13-7-6-12-25(26)21-9-3-2-4-10-21/h2-17,24,36H,18-20H2,1H3,(H,33,37). The number of fused-ring (bicyclic) bond motifs is 1. The fourth-order valence-corrected chi connectivity index (χ4v) is 5.07. The van der Waals surface area contributed by atoms with Crippen LogP contribution in [0.3, 0.4) is 0 Å². The maximum atomic E-state index is 13.7. The van der Waals surface area contributed by atoms with Crippen LogP contribution in [0.4, 0.5) is 11.4 Å². The summed E-state index contributed by atoms with van der Waals surface area (Å²) in [7, 11) is 1.94. The molecule has 1 atom stereocenters. The maximum Gasteiger partial charge on any atom is 0.259 e. The van der Waals surface area contributed by atoms with E-state index in [1.54, 1.807) is 29.2 Å². The molecule has 1 aliphatic heterocycles. The van der Waals surface area contributed by atoms with E-state index in [0.717, 1.165) is 22.4 Å². The number of aliphatic hydroxyl groups is 1. The largest absolute Gasteiger partial charge is 0.395 e. The highest BCUT2D eigenvalue weighted by Crippen LogP contribution is 2.31. The van der Waals surface area contributed by atoms with Gasteiger partial charge in [-0.3, -0.25) is 14.5 Å². The highest BCUT2D eigenvalue weighted by atomic mass is 35.5. The summed E-state index contributed by atoms with van der Waals surface area (Å²) in [5, 5.41) is 13.1. The third-order valence-electron chi connectivity index (χ3n) is 6.89. The first kappa shape index (κ1) is 25.7. The van der Waals surface area contributed by atoms with Gasteiger partial charge in [0.25, 0.3) is 11.8 Å². The average molecular weight is 526 g/mol. The van der Waals surface area contributed by atoms with Gasteiger partial charge in [-0.15, -0.1) is 0 Å². The predicted molar refractivity (Wildman–Crippen MR) is 152 cm³/mol. The van der Waals surface area contributed by atoms with E-state index in [-0.39, 0.29) is 29.5 Å². The van der Waals surface area contributed by atoms with E-state index in [0.29, 0.717) is 29.9 Å². The highest BCUT2D eigenvalue weighted by Gasteiger charge is 2.30. The van der Waals surface area contributed by atoms with Gasteiger partial charge in [-0.05, 0) is 54.1 Å². The third kappa shape index (κ3) is 5.20. The number of halogens is 1. The second-order valence-electron chi connectivity index (χ2n) is 9.36. The lowest BCUT2D eigenvalue weighted by Gasteiger charge is -2.28. The van der Waals surface area contributed by atoms with Gasteiger partial charge in [0.15, 0.2) is 0 Å². The van der Waals surface area contributed by atoms with E-state index >= 15 is 0 Å². The van der Waals surface area contributed by atoms with Gasteiger partial charge in [-0.2, -0.15) is 0 Å². The molecule has 2 amide bonds. The van der Waals surface area contributed by atoms with Crippen molar-refractivity contribution in [1.29, 1.82) is 0 Å². The molecule has 6 nitrogen and oxygen atoms in total. The minimum absolute atomic E-state index is 0.0720. The lowest BCUT2D eigenvalue weighted by Crippen LogP contribution is -2.44. The van der Waals surface area contributed by atoms with Gasteiger partial charge in [0.2, 0.25) is 0 Å². The highest BCUT2D eigenvalue weighted by molar-refractivity contribution is 6.35. The Balaban J connectivity index is 1.40. The number of anilines is 2. The number of amides is 2. The summed E-state index contributed by atoms with van der Waals surface area (Å²) in [4.78, 5) is 30.6. The zero-order chi connectivity index (χ0) is 26.6. The van der Waals surface area contributed by atoms with Crippen molar-refractivity contribution in [3.63, 3.8) is 0 Å². The van der Waals surface area contributed by atoms with Crippen LogP contribution in [0.15, 0.2) is 97.1 Å². The van der Waals surface area contributed by atoms with Crippen LogP contribution in [0.2, 0.25) is 5.02 Å². The van der Waals surface area contributed by atoms with E-state index in [1.165, 1.54) is 0 Å². The van der Waals surface area contributed by atoms with Crippen molar-refractivity contribution in [3.05, 3.63) is 119 Å². The zero-order valence-electron chi connectivity index (χ0n) is 21.0. The molecule has 38 heavy (non-hydrogen) atoms. The summed E-state index contributed by atoms with van der Waals surface area (Å²) >= 11 is 6.61. The number of benzene rings is 4. The van der Waals surface area contributed by atoms with Crippen molar-refractivity contribution < 1.29 is 14.7 Å². The van der Waals surface area contributed by atoms with Crippen LogP contribution in [0, 0.1) is 0 Å². The van der Waals surface area contributed by atoms with Crippen LogP contribution in [0.25, 0.3) is 11.1 Å². The molecular formula is C31H28ClN3O3. The zero-order valence-corrected chi connectivity index (χ0v) is 21.7.